The summed E-state index contributed by atoms with van der Waals surface area (Å²) in [5, 5.41) is 2.88. The van der Waals surface area contributed by atoms with E-state index in [1.54, 1.807) is 12.4 Å². The highest BCUT2D eigenvalue weighted by molar-refractivity contribution is 5.88. The number of ether oxygens (including phenoxy) is 2. The highest BCUT2D eigenvalue weighted by Gasteiger charge is 2.30. The Hall–Kier alpha value is -2.96. The van der Waals surface area contributed by atoms with Crippen LogP contribution in [0.2, 0.25) is 0 Å². The van der Waals surface area contributed by atoms with Gasteiger partial charge < -0.3 is 14.8 Å². The van der Waals surface area contributed by atoms with E-state index >= 15 is 0 Å². The third kappa shape index (κ3) is 6.28. The molecule has 0 unspecified atom stereocenters. The summed E-state index contributed by atoms with van der Waals surface area (Å²) in [4.78, 5) is 33.6. The van der Waals surface area contributed by atoms with Gasteiger partial charge in [-0.05, 0) is 63.5 Å². The molecule has 0 aliphatic heterocycles. The van der Waals surface area contributed by atoms with Gasteiger partial charge in [0.25, 0.3) is 0 Å². The normalized spacial score (nSPS) is 25.5. The van der Waals surface area contributed by atoms with Crippen molar-refractivity contribution in [3.05, 3.63) is 48.8 Å². The molecule has 0 aromatic carbocycles. The average molecular weight is 438 g/mol. The second-order valence-corrected chi connectivity index (χ2v) is 8.70. The quantitative estimate of drug-likeness (QED) is 0.677. The zero-order valence-corrected chi connectivity index (χ0v) is 18.3. The number of hydrogen-bond acceptors (Lipinski definition) is 6. The number of nitrogens with one attached hydrogen (secondary N) is 1. The van der Waals surface area contributed by atoms with Gasteiger partial charge in [-0.25, -0.2) is 9.97 Å². The minimum absolute atomic E-state index is 0.00129. The van der Waals surface area contributed by atoms with Crippen molar-refractivity contribution >= 4 is 11.7 Å². The highest BCUT2D eigenvalue weighted by atomic mass is 16.5. The predicted molar refractivity (Wildman–Crippen MR) is 119 cm³/mol. The van der Waals surface area contributed by atoms with Crippen LogP contribution < -0.4 is 14.8 Å². The first-order chi connectivity index (χ1) is 15.7. The molecule has 2 aliphatic carbocycles. The molecule has 7 nitrogen and oxygen atoms in total. The van der Waals surface area contributed by atoms with E-state index in [9.17, 15) is 9.59 Å². The van der Waals surface area contributed by atoms with Crippen molar-refractivity contribution in [2.75, 3.05) is 6.54 Å². The van der Waals surface area contributed by atoms with Gasteiger partial charge in [0.05, 0.1) is 6.54 Å². The molecule has 1 N–H and O–H groups in total. The Morgan fingerprint density at radius 3 is 1.72 bits per heavy atom. The van der Waals surface area contributed by atoms with Crippen molar-refractivity contribution in [2.24, 2.45) is 11.8 Å². The zero-order chi connectivity index (χ0) is 22.2. The van der Waals surface area contributed by atoms with Gasteiger partial charge in [0, 0.05) is 36.4 Å². The SMILES string of the molecule is O=C(CNC(=O)C1CCC(Oc2ccccn2)CC1)C1CCC(Oc2ccccn2)CC1. The van der Waals surface area contributed by atoms with E-state index in [1.807, 2.05) is 36.4 Å². The van der Waals surface area contributed by atoms with Gasteiger partial charge in [0.2, 0.25) is 17.7 Å². The lowest BCUT2D eigenvalue weighted by atomic mass is 9.84. The molecule has 0 spiro atoms. The van der Waals surface area contributed by atoms with Gasteiger partial charge in [-0.15, -0.1) is 0 Å². The molecule has 2 saturated carbocycles. The van der Waals surface area contributed by atoms with Crippen LogP contribution in [0, 0.1) is 11.8 Å². The molecule has 32 heavy (non-hydrogen) atoms. The lowest BCUT2D eigenvalue weighted by molar-refractivity contribution is -0.130. The van der Waals surface area contributed by atoms with E-state index in [4.69, 9.17) is 9.47 Å². The summed E-state index contributed by atoms with van der Waals surface area (Å²) >= 11 is 0. The summed E-state index contributed by atoms with van der Waals surface area (Å²) in [6.07, 6.45) is 10.1. The fourth-order valence-corrected chi connectivity index (χ4v) is 4.58. The van der Waals surface area contributed by atoms with Crippen LogP contribution >= 0.6 is 0 Å². The molecule has 2 fully saturated rings. The molecule has 0 radical (unpaired) electrons. The first-order valence-electron chi connectivity index (χ1n) is 11.6. The fourth-order valence-electron chi connectivity index (χ4n) is 4.58. The third-order valence-corrected chi connectivity index (χ3v) is 6.46. The second kappa shape index (κ2) is 11.1. The maximum Gasteiger partial charge on any atom is 0.223 e. The number of amides is 1. The van der Waals surface area contributed by atoms with Crippen molar-refractivity contribution in [3.63, 3.8) is 0 Å². The number of Topliss-reactive ketones (excluding diaryl/α,β-unsaturated/α-hetero) is 1. The van der Waals surface area contributed by atoms with E-state index in [-0.39, 0.29) is 42.3 Å². The lowest BCUT2D eigenvalue weighted by Gasteiger charge is -2.29. The largest absolute Gasteiger partial charge is 0.474 e. The topological polar surface area (TPSA) is 90.4 Å². The minimum Gasteiger partial charge on any atom is -0.474 e. The fraction of sp³-hybridized carbons (Fsp3) is 0.520. The molecule has 1 amide bonds. The first-order valence-corrected chi connectivity index (χ1v) is 11.6. The van der Waals surface area contributed by atoms with Crippen LogP contribution in [-0.2, 0) is 9.59 Å². The number of pyridine rings is 2. The Morgan fingerprint density at radius 2 is 1.25 bits per heavy atom. The standard InChI is InChI=1S/C25H31N3O4/c29-22(18-7-11-20(12-8-18)31-23-5-1-3-15-26-23)17-28-25(30)19-9-13-21(14-10-19)32-24-6-2-4-16-27-24/h1-6,15-16,18-21H,7-14,17H2,(H,28,30). The Morgan fingerprint density at radius 1 is 0.750 bits per heavy atom. The summed E-state index contributed by atoms with van der Waals surface area (Å²) in [7, 11) is 0. The molecule has 2 aromatic heterocycles. The molecule has 0 atom stereocenters. The molecule has 7 heteroatoms. The van der Waals surface area contributed by atoms with Crippen LogP contribution in [-0.4, -0.2) is 40.4 Å². The Balaban J connectivity index is 1.13. The summed E-state index contributed by atoms with van der Waals surface area (Å²) < 4.78 is 11.8. The van der Waals surface area contributed by atoms with Crippen LogP contribution in [0.1, 0.15) is 51.4 Å². The summed E-state index contributed by atoms with van der Waals surface area (Å²) in [6, 6.07) is 11.2. The number of nitrogens with zero attached hydrogens (tertiary/aromatic N) is 2. The lowest BCUT2D eigenvalue weighted by Crippen LogP contribution is -2.40. The van der Waals surface area contributed by atoms with Gasteiger partial charge >= 0.3 is 0 Å². The van der Waals surface area contributed by atoms with Crippen LogP contribution in [0.15, 0.2) is 48.8 Å². The molecule has 0 saturated heterocycles. The van der Waals surface area contributed by atoms with Gasteiger partial charge in [-0.2, -0.15) is 0 Å². The average Bonchev–Trinajstić information content (AvgIpc) is 2.84. The summed E-state index contributed by atoms with van der Waals surface area (Å²) in [5.41, 5.74) is 0. The number of aromatic nitrogens is 2. The molecule has 0 bridgehead atoms. The molecule has 2 heterocycles. The summed E-state index contributed by atoms with van der Waals surface area (Å²) in [5.74, 6) is 1.33. The number of carbonyl (C=O) groups excluding carboxylic acids is 2. The molecular formula is C25H31N3O4. The maximum absolute atomic E-state index is 12.6. The van der Waals surface area contributed by atoms with Gasteiger partial charge in [0.1, 0.15) is 12.2 Å². The Kier molecular flexibility index (Phi) is 7.69. The van der Waals surface area contributed by atoms with Gasteiger partial charge in [-0.1, -0.05) is 12.1 Å². The van der Waals surface area contributed by atoms with Crippen molar-refractivity contribution in [2.45, 2.75) is 63.6 Å². The van der Waals surface area contributed by atoms with E-state index in [0.29, 0.717) is 11.8 Å². The van der Waals surface area contributed by atoms with Gasteiger partial charge in [-0.3, -0.25) is 9.59 Å². The van der Waals surface area contributed by atoms with Crippen molar-refractivity contribution in [1.82, 2.24) is 15.3 Å². The Bertz CT molecular complexity index is 788. The number of rotatable bonds is 8. The van der Waals surface area contributed by atoms with Crippen LogP contribution in [0.5, 0.6) is 11.8 Å². The highest BCUT2D eigenvalue weighted by Crippen LogP contribution is 2.29. The van der Waals surface area contributed by atoms with Crippen LogP contribution in [0.3, 0.4) is 0 Å². The molecule has 2 aliphatic rings. The monoisotopic (exact) mass is 437 g/mol. The third-order valence-electron chi connectivity index (χ3n) is 6.46. The van der Waals surface area contributed by atoms with Crippen LogP contribution in [0.25, 0.3) is 0 Å². The van der Waals surface area contributed by atoms with Crippen molar-refractivity contribution in [1.29, 1.82) is 0 Å². The van der Waals surface area contributed by atoms with E-state index in [1.165, 1.54) is 0 Å². The second-order valence-electron chi connectivity index (χ2n) is 8.70. The van der Waals surface area contributed by atoms with E-state index < -0.39 is 0 Å². The van der Waals surface area contributed by atoms with Gasteiger partial charge in [0.15, 0.2) is 5.78 Å². The number of carbonyl (C=O) groups is 2. The molecule has 2 aromatic rings. The number of hydrogen-bond donors (Lipinski definition) is 1. The van der Waals surface area contributed by atoms with Crippen molar-refractivity contribution in [3.8, 4) is 11.8 Å². The molecular weight excluding hydrogens is 406 g/mol. The number of ketones is 1. The molecule has 170 valence electrons. The zero-order valence-electron chi connectivity index (χ0n) is 18.3. The van der Waals surface area contributed by atoms with E-state index in [2.05, 4.69) is 15.3 Å². The van der Waals surface area contributed by atoms with E-state index in [0.717, 1.165) is 51.4 Å². The van der Waals surface area contributed by atoms with Crippen molar-refractivity contribution < 1.29 is 19.1 Å². The summed E-state index contributed by atoms with van der Waals surface area (Å²) in [6.45, 7) is 0.125. The molecule has 4 rings (SSSR count). The van der Waals surface area contributed by atoms with Crippen LogP contribution in [0.4, 0.5) is 0 Å². The minimum atomic E-state index is -0.0473. The first kappa shape index (κ1) is 22.2. The predicted octanol–water partition coefficient (Wildman–Crippen LogP) is 3.74. The maximum atomic E-state index is 12.6. The smallest absolute Gasteiger partial charge is 0.223 e. The Labute approximate surface area is 188 Å².